The van der Waals surface area contributed by atoms with E-state index < -0.39 is 10.0 Å². The molecule has 1 aromatic carbocycles. The summed E-state index contributed by atoms with van der Waals surface area (Å²) in [4.78, 5) is 2.23. The van der Waals surface area contributed by atoms with Gasteiger partial charge < -0.3 is 15.4 Å². The molecule has 1 aromatic rings. The molecule has 1 fully saturated rings. The van der Waals surface area contributed by atoms with Crippen molar-refractivity contribution in [3.8, 4) is 0 Å². The lowest BCUT2D eigenvalue weighted by Gasteiger charge is -2.40. The summed E-state index contributed by atoms with van der Waals surface area (Å²) in [6.07, 6.45) is 0. The first-order chi connectivity index (χ1) is 9.25. The number of hydrogen-bond donors (Lipinski definition) is 2. The zero-order valence-corrected chi connectivity index (χ0v) is 12.8. The first-order valence-electron chi connectivity index (χ1n) is 6.47. The first-order valence-corrected chi connectivity index (χ1v) is 7.95. The molecule has 1 heterocycles. The molecule has 0 bridgehead atoms. The molecule has 3 N–H and O–H groups in total. The van der Waals surface area contributed by atoms with Gasteiger partial charge in [0.05, 0.1) is 17.9 Å². The van der Waals surface area contributed by atoms with Crippen molar-refractivity contribution in [3.05, 3.63) is 18.2 Å². The highest BCUT2D eigenvalue weighted by Crippen LogP contribution is 2.30. The third kappa shape index (κ3) is 3.05. The van der Waals surface area contributed by atoms with Crippen molar-refractivity contribution in [3.63, 3.8) is 0 Å². The topological polar surface area (TPSA) is 84.7 Å². The van der Waals surface area contributed by atoms with E-state index in [0.29, 0.717) is 31.1 Å². The molecule has 20 heavy (non-hydrogen) atoms. The van der Waals surface area contributed by atoms with Crippen molar-refractivity contribution in [1.82, 2.24) is 4.72 Å². The molecule has 2 rings (SSSR count). The molecule has 6 nitrogen and oxygen atoms in total. The Kier molecular flexibility index (Phi) is 3.95. The van der Waals surface area contributed by atoms with E-state index in [9.17, 15) is 8.42 Å². The number of ether oxygens (including phenoxy) is 1. The van der Waals surface area contributed by atoms with E-state index in [-0.39, 0.29) is 10.5 Å². The molecule has 112 valence electrons. The van der Waals surface area contributed by atoms with Gasteiger partial charge in [0.2, 0.25) is 10.0 Å². The van der Waals surface area contributed by atoms with Crippen molar-refractivity contribution in [2.75, 3.05) is 37.4 Å². The van der Waals surface area contributed by atoms with Gasteiger partial charge in [0.15, 0.2) is 0 Å². The lowest BCUT2D eigenvalue weighted by molar-refractivity contribution is -0.0278. The number of hydrogen-bond acceptors (Lipinski definition) is 5. The molecular weight excluding hydrogens is 278 g/mol. The molecule has 0 radical (unpaired) electrons. The van der Waals surface area contributed by atoms with Gasteiger partial charge in [-0.1, -0.05) is 0 Å². The summed E-state index contributed by atoms with van der Waals surface area (Å²) in [5, 5.41) is 0. The van der Waals surface area contributed by atoms with E-state index in [2.05, 4.69) is 4.72 Å². The van der Waals surface area contributed by atoms with Crippen LogP contribution in [0.15, 0.2) is 23.1 Å². The number of benzene rings is 1. The Morgan fingerprint density at radius 2 is 2.10 bits per heavy atom. The van der Waals surface area contributed by atoms with Crippen LogP contribution in [0, 0.1) is 0 Å². The maximum atomic E-state index is 12.2. The number of nitrogens with zero attached hydrogens (tertiary/aromatic N) is 1. The van der Waals surface area contributed by atoms with Crippen LogP contribution in [0.3, 0.4) is 0 Å². The summed E-state index contributed by atoms with van der Waals surface area (Å²) >= 11 is 0. The summed E-state index contributed by atoms with van der Waals surface area (Å²) in [6.45, 7) is 5.82. The standard InChI is InChI=1S/C13H21N3O3S/c1-13(2)9-16(6-7-19-13)11-5-4-10(14)8-12(11)20(17,18)15-3/h4-5,8,15H,6-7,9,14H2,1-3H3. The molecule has 1 saturated heterocycles. The van der Waals surface area contributed by atoms with Gasteiger partial charge in [0.1, 0.15) is 4.90 Å². The Morgan fingerprint density at radius 3 is 2.70 bits per heavy atom. The molecule has 0 amide bonds. The lowest BCUT2D eigenvalue weighted by atomic mass is 10.1. The normalized spacial score (nSPS) is 19.1. The van der Waals surface area contributed by atoms with Crippen molar-refractivity contribution in [1.29, 1.82) is 0 Å². The number of nitrogens with one attached hydrogen (secondary N) is 1. The quantitative estimate of drug-likeness (QED) is 0.806. The maximum absolute atomic E-state index is 12.2. The van der Waals surface area contributed by atoms with E-state index in [0.717, 1.165) is 0 Å². The van der Waals surface area contributed by atoms with Crippen LogP contribution < -0.4 is 15.4 Å². The van der Waals surface area contributed by atoms with Gasteiger partial charge in [-0.05, 0) is 39.1 Å². The number of rotatable bonds is 3. The molecule has 0 aliphatic carbocycles. The first kappa shape index (κ1) is 15.1. The number of morpholine rings is 1. The zero-order chi connectivity index (χ0) is 15.0. The van der Waals surface area contributed by atoms with Crippen molar-refractivity contribution in [2.24, 2.45) is 0 Å². The largest absolute Gasteiger partial charge is 0.399 e. The van der Waals surface area contributed by atoms with Crippen LogP contribution >= 0.6 is 0 Å². The maximum Gasteiger partial charge on any atom is 0.242 e. The van der Waals surface area contributed by atoms with E-state index in [1.54, 1.807) is 12.1 Å². The minimum absolute atomic E-state index is 0.206. The van der Waals surface area contributed by atoms with Gasteiger partial charge in [-0.25, -0.2) is 13.1 Å². The predicted molar refractivity (Wildman–Crippen MR) is 79.3 cm³/mol. The predicted octanol–water partition coefficient (Wildman–Crippen LogP) is 0.792. The molecule has 0 saturated carbocycles. The van der Waals surface area contributed by atoms with Crippen molar-refractivity contribution >= 4 is 21.4 Å². The highest BCUT2D eigenvalue weighted by molar-refractivity contribution is 7.89. The minimum atomic E-state index is -3.55. The van der Waals surface area contributed by atoms with Crippen LogP contribution in [0.4, 0.5) is 11.4 Å². The van der Waals surface area contributed by atoms with Crippen LogP contribution in [0.1, 0.15) is 13.8 Å². The van der Waals surface area contributed by atoms with E-state index in [4.69, 9.17) is 10.5 Å². The molecule has 0 aromatic heterocycles. The van der Waals surface area contributed by atoms with Gasteiger partial charge in [-0.2, -0.15) is 0 Å². The fraction of sp³-hybridized carbons (Fsp3) is 0.538. The van der Waals surface area contributed by atoms with Crippen LogP contribution in [-0.2, 0) is 14.8 Å². The summed E-state index contributed by atoms with van der Waals surface area (Å²) < 4.78 is 32.3. The molecule has 0 unspecified atom stereocenters. The number of nitrogens with two attached hydrogens (primary N) is 1. The SMILES string of the molecule is CNS(=O)(=O)c1cc(N)ccc1N1CCOC(C)(C)C1. The summed E-state index contributed by atoms with van der Waals surface area (Å²) in [6, 6.07) is 4.96. The van der Waals surface area contributed by atoms with Crippen LogP contribution in [-0.4, -0.2) is 40.8 Å². The van der Waals surface area contributed by atoms with E-state index >= 15 is 0 Å². The number of sulfonamides is 1. The number of nitrogen functional groups attached to an aromatic ring is 1. The second-order valence-corrected chi connectivity index (χ2v) is 7.32. The monoisotopic (exact) mass is 299 g/mol. The van der Waals surface area contributed by atoms with Crippen LogP contribution in [0.25, 0.3) is 0 Å². The highest BCUT2D eigenvalue weighted by Gasteiger charge is 2.30. The van der Waals surface area contributed by atoms with Gasteiger partial charge >= 0.3 is 0 Å². The Labute approximate surface area is 120 Å². The third-order valence-corrected chi connectivity index (χ3v) is 4.75. The average Bonchev–Trinajstić information content (AvgIpc) is 2.37. The fourth-order valence-corrected chi connectivity index (χ4v) is 3.32. The Morgan fingerprint density at radius 1 is 1.40 bits per heavy atom. The van der Waals surface area contributed by atoms with Crippen LogP contribution in [0.5, 0.6) is 0 Å². The van der Waals surface area contributed by atoms with E-state index in [1.807, 2.05) is 18.7 Å². The second kappa shape index (κ2) is 5.23. The van der Waals surface area contributed by atoms with Gasteiger partial charge in [0, 0.05) is 18.8 Å². The molecule has 1 aliphatic rings. The Balaban J connectivity index is 2.47. The Bertz CT molecular complexity index is 599. The summed E-state index contributed by atoms with van der Waals surface area (Å²) in [5.41, 5.74) is 6.50. The zero-order valence-electron chi connectivity index (χ0n) is 12.0. The molecule has 0 spiro atoms. The van der Waals surface area contributed by atoms with Crippen LogP contribution in [0.2, 0.25) is 0 Å². The molecule has 7 heteroatoms. The third-order valence-electron chi connectivity index (χ3n) is 3.31. The average molecular weight is 299 g/mol. The minimum Gasteiger partial charge on any atom is -0.399 e. The van der Waals surface area contributed by atoms with Crippen molar-refractivity contribution < 1.29 is 13.2 Å². The summed E-state index contributed by atoms with van der Waals surface area (Å²) in [5.74, 6) is 0. The number of anilines is 2. The van der Waals surface area contributed by atoms with Gasteiger partial charge in [0.25, 0.3) is 0 Å². The second-order valence-electron chi connectivity index (χ2n) is 5.46. The molecule has 0 atom stereocenters. The summed E-state index contributed by atoms with van der Waals surface area (Å²) in [7, 11) is -2.16. The van der Waals surface area contributed by atoms with Gasteiger partial charge in [-0.15, -0.1) is 0 Å². The molecule has 1 aliphatic heterocycles. The van der Waals surface area contributed by atoms with Gasteiger partial charge in [-0.3, -0.25) is 0 Å². The smallest absolute Gasteiger partial charge is 0.242 e. The highest BCUT2D eigenvalue weighted by atomic mass is 32.2. The Hall–Kier alpha value is -1.31. The van der Waals surface area contributed by atoms with E-state index in [1.165, 1.54) is 13.1 Å². The lowest BCUT2D eigenvalue weighted by Crippen LogP contribution is -2.48. The fourth-order valence-electron chi connectivity index (χ4n) is 2.34. The van der Waals surface area contributed by atoms with Crippen molar-refractivity contribution in [2.45, 2.75) is 24.3 Å². The molecular formula is C13H21N3O3S.